The van der Waals surface area contributed by atoms with Gasteiger partial charge in [-0.1, -0.05) is 318 Å². The van der Waals surface area contributed by atoms with Crippen LogP contribution >= 0.6 is 15.6 Å². The number of hydrogen-bond acceptors (Lipinski definition) is 15. The number of rotatable bonds is 71. The van der Waals surface area contributed by atoms with Gasteiger partial charge in [0.2, 0.25) is 0 Å². The van der Waals surface area contributed by atoms with Crippen LogP contribution in [0.3, 0.4) is 0 Å². The van der Waals surface area contributed by atoms with Gasteiger partial charge >= 0.3 is 39.5 Å². The Kier molecular flexibility index (Phi) is 62.4. The predicted octanol–water partition coefficient (Wildman–Crippen LogP) is 21.0. The molecular weight excluding hydrogens is 1210 g/mol. The van der Waals surface area contributed by atoms with E-state index in [2.05, 4.69) is 48.5 Å². The van der Waals surface area contributed by atoms with E-state index in [-0.39, 0.29) is 25.7 Å². The molecule has 92 heavy (non-hydrogen) atoms. The van der Waals surface area contributed by atoms with Gasteiger partial charge in [0.15, 0.2) is 12.2 Å². The normalized spacial score (nSPS) is 14.7. The molecule has 0 aromatic rings. The van der Waals surface area contributed by atoms with E-state index in [0.29, 0.717) is 25.7 Å². The second-order valence-electron chi connectivity index (χ2n) is 27.3. The van der Waals surface area contributed by atoms with Crippen molar-refractivity contribution < 1.29 is 80.2 Å². The van der Waals surface area contributed by atoms with Crippen molar-refractivity contribution in [1.29, 1.82) is 0 Å². The van der Waals surface area contributed by atoms with Gasteiger partial charge in [0.25, 0.3) is 0 Å². The lowest BCUT2D eigenvalue weighted by atomic mass is 9.99. The molecule has 0 saturated heterocycles. The zero-order valence-electron chi connectivity index (χ0n) is 60.0. The number of carbonyl (C=O) groups is 4. The molecular formula is C73H142O17P2. The van der Waals surface area contributed by atoms with Crippen LogP contribution in [0.25, 0.3) is 0 Å². The molecule has 0 bridgehead atoms. The maximum atomic E-state index is 13.1. The molecule has 19 heteroatoms. The Balaban J connectivity index is 5.16. The first-order valence-electron chi connectivity index (χ1n) is 37.9. The lowest BCUT2D eigenvalue weighted by Crippen LogP contribution is -2.30. The van der Waals surface area contributed by atoms with Crippen LogP contribution in [0.4, 0.5) is 0 Å². The highest BCUT2D eigenvalue weighted by atomic mass is 31.2. The van der Waals surface area contributed by atoms with E-state index in [9.17, 15) is 43.2 Å². The highest BCUT2D eigenvalue weighted by Gasteiger charge is 2.30. The van der Waals surface area contributed by atoms with Gasteiger partial charge in [-0.2, -0.15) is 0 Å². The maximum absolute atomic E-state index is 13.1. The Hall–Kier alpha value is -1.94. The summed E-state index contributed by atoms with van der Waals surface area (Å²) in [6.07, 6.45) is 48.9. The third-order valence-electron chi connectivity index (χ3n) is 17.6. The molecule has 0 amide bonds. The first kappa shape index (κ1) is 90.1. The molecule has 4 unspecified atom stereocenters. The fraction of sp³-hybridized carbons (Fsp3) is 0.945. The molecule has 0 fully saturated rings. The number of aliphatic hydroxyl groups excluding tert-OH is 1. The standard InChI is InChI=1S/C73H142O17P2/c1-8-11-12-37-47-54-70(75)83-60-68(89-73(78)57-50-43-36-30-29-33-40-46-53-66(7)10-3)62-87-91(79,80)85-58-67(74)59-86-92(81,82)88-63-69(61-84-71(76)55-48-41-34-27-23-19-15-13-17-21-25-31-38-44-51-64(4)5)90-72(77)56-49-42-35-28-24-20-16-14-18-22-26-32-39-45-52-65(6)9-2/h64-69,74H,8-63H2,1-7H3,(H,79,80)(H,81,82)/t65?,66?,67-,68+,69+/m0/s1. The maximum Gasteiger partial charge on any atom is 0.472 e. The lowest BCUT2D eigenvalue weighted by molar-refractivity contribution is -0.161. The minimum Gasteiger partial charge on any atom is -0.462 e. The van der Waals surface area contributed by atoms with Crippen molar-refractivity contribution >= 4 is 39.5 Å². The number of carbonyl (C=O) groups excluding carboxylic acids is 4. The molecule has 0 heterocycles. The van der Waals surface area contributed by atoms with E-state index in [1.165, 1.54) is 173 Å². The Morgan fingerprint density at radius 2 is 0.554 bits per heavy atom. The molecule has 0 rings (SSSR count). The van der Waals surface area contributed by atoms with Gasteiger partial charge in [0, 0.05) is 25.7 Å². The number of esters is 4. The van der Waals surface area contributed by atoms with Crippen LogP contribution in [0.15, 0.2) is 0 Å². The second kappa shape index (κ2) is 63.8. The summed E-state index contributed by atoms with van der Waals surface area (Å²) in [5, 5.41) is 10.6. The Morgan fingerprint density at radius 1 is 0.315 bits per heavy atom. The van der Waals surface area contributed by atoms with E-state index in [4.69, 9.17) is 37.0 Å². The summed E-state index contributed by atoms with van der Waals surface area (Å²) < 4.78 is 68.2. The quantitative estimate of drug-likeness (QED) is 0.0222. The van der Waals surface area contributed by atoms with Crippen molar-refractivity contribution in [2.75, 3.05) is 39.6 Å². The van der Waals surface area contributed by atoms with Crippen molar-refractivity contribution in [1.82, 2.24) is 0 Å². The summed E-state index contributed by atoms with van der Waals surface area (Å²) in [6.45, 7) is 11.9. The van der Waals surface area contributed by atoms with E-state index in [0.717, 1.165) is 114 Å². The molecule has 3 N–H and O–H groups in total. The molecule has 0 saturated carbocycles. The Bertz CT molecular complexity index is 1810. The van der Waals surface area contributed by atoms with Gasteiger partial charge in [-0.05, 0) is 43.4 Å². The third-order valence-corrected chi connectivity index (χ3v) is 19.5. The lowest BCUT2D eigenvalue weighted by Gasteiger charge is -2.21. The fourth-order valence-corrected chi connectivity index (χ4v) is 12.6. The summed E-state index contributed by atoms with van der Waals surface area (Å²) in [6, 6.07) is 0. The number of phosphoric acid groups is 2. The van der Waals surface area contributed by atoms with Crippen LogP contribution in [-0.4, -0.2) is 96.7 Å². The smallest absolute Gasteiger partial charge is 0.462 e. The number of hydrogen-bond donors (Lipinski definition) is 3. The van der Waals surface area contributed by atoms with Crippen LogP contribution in [0, 0.1) is 17.8 Å². The first-order chi connectivity index (χ1) is 44.3. The monoisotopic (exact) mass is 1350 g/mol. The number of aliphatic hydroxyl groups is 1. The Labute approximate surface area is 562 Å². The van der Waals surface area contributed by atoms with E-state index < -0.39 is 97.5 Å². The minimum absolute atomic E-state index is 0.104. The third kappa shape index (κ3) is 64.1. The summed E-state index contributed by atoms with van der Waals surface area (Å²) in [5.41, 5.74) is 0. The molecule has 0 aromatic heterocycles. The first-order valence-corrected chi connectivity index (χ1v) is 40.9. The van der Waals surface area contributed by atoms with E-state index >= 15 is 0 Å². The predicted molar refractivity (Wildman–Crippen MR) is 372 cm³/mol. The van der Waals surface area contributed by atoms with Crippen molar-refractivity contribution in [3.8, 4) is 0 Å². The Morgan fingerprint density at radius 3 is 0.826 bits per heavy atom. The van der Waals surface area contributed by atoms with Crippen LogP contribution in [0.1, 0.15) is 370 Å². The van der Waals surface area contributed by atoms with E-state index in [1.54, 1.807) is 0 Å². The minimum atomic E-state index is -4.95. The topological polar surface area (TPSA) is 237 Å². The van der Waals surface area contributed by atoms with Crippen LogP contribution < -0.4 is 0 Å². The summed E-state index contributed by atoms with van der Waals surface area (Å²) in [7, 11) is -9.90. The molecule has 0 aliphatic heterocycles. The van der Waals surface area contributed by atoms with Gasteiger partial charge in [0.1, 0.15) is 19.3 Å². The summed E-state index contributed by atoms with van der Waals surface area (Å²) >= 11 is 0. The van der Waals surface area contributed by atoms with Crippen molar-refractivity contribution in [3.05, 3.63) is 0 Å². The number of phosphoric ester groups is 2. The molecule has 0 aliphatic rings. The van der Waals surface area contributed by atoms with Gasteiger partial charge < -0.3 is 33.8 Å². The van der Waals surface area contributed by atoms with E-state index in [1.807, 2.05) is 0 Å². The zero-order chi connectivity index (χ0) is 68.0. The highest BCUT2D eigenvalue weighted by molar-refractivity contribution is 7.47. The van der Waals surface area contributed by atoms with Gasteiger partial charge in [-0.15, -0.1) is 0 Å². The summed E-state index contributed by atoms with van der Waals surface area (Å²) in [4.78, 5) is 72.4. The van der Waals surface area contributed by atoms with Crippen LogP contribution in [0.5, 0.6) is 0 Å². The molecule has 0 aromatic carbocycles. The molecule has 0 aliphatic carbocycles. The zero-order valence-corrected chi connectivity index (χ0v) is 61.8. The molecule has 0 spiro atoms. The SMILES string of the molecule is CCCCCCCC(=O)OC[C@H](COP(=O)(O)OC[C@H](O)COP(=O)(O)OC[C@@H](COC(=O)CCCCCCCCCCCCCCCCC(C)C)OC(=O)CCCCCCCCCCCCCCCCC(C)CC)OC(=O)CCCCCCCCCCC(C)CC. The summed E-state index contributed by atoms with van der Waals surface area (Å²) in [5.74, 6) is 0.281. The van der Waals surface area contributed by atoms with Crippen LogP contribution in [0.2, 0.25) is 0 Å². The van der Waals surface area contributed by atoms with Crippen molar-refractivity contribution in [3.63, 3.8) is 0 Å². The largest absolute Gasteiger partial charge is 0.472 e. The fourth-order valence-electron chi connectivity index (χ4n) is 11.0. The van der Waals surface area contributed by atoms with Gasteiger partial charge in [0.05, 0.1) is 26.4 Å². The van der Waals surface area contributed by atoms with Crippen molar-refractivity contribution in [2.24, 2.45) is 17.8 Å². The molecule has 17 nitrogen and oxygen atoms in total. The molecule has 7 atom stereocenters. The average Bonchev–Trinajstić information content (AvgIpc) is 3.73. The number of ether oxygens (including phenoxy) is 4. The van der Waals surface area contributed by atoms with Gasteiger partial charge in [-0.25, -0.2) is 9.13 Å². The number of unbranched alkanes of at least 4 members (excludes halogenated alkanes) is 37. The van der Waals surface area contributed by atoms with Crippen molar-refractivity contribution in [2.45, 2.75) is 388 Å². The van der Waals surface area contributed by atoms with Crippen LogP contribution in [-0.2, 0) is 65.4 Å². The average molecular weight is 1350 g/mol. The highest BCUT2D eigenvalue weighted by Crippen LogP contribution is 2.45. The van der Waals surface area contributed by atoms with Gasteiger partial charge in [-0.3, -0.25) is 37.3 Å². The second-order valence-corrected chi connectivity index (χ2v) is 30.2. The molecule has 546 valence electrons. The molecule has 0 radical (unpaired) electrons.